The number of carbonyl (C=O) groups is 1. The smallest absolute Gasteiger partial charge is 0.228 e. The number of aliphatic hydroxyl groups excluding tert-OH is 1. The highest BCUT2D eigenvalue weighted by atomic mass is 35.5. The van der Waals surface area contributed by atoms with Crippen molar-refractivity contribution >= 4 is 29.1 Å². The maximum absolute atomic E-state index is 12.9. The second-order valence-electron chi connectivity index (χ2n) is 6.18. The molecule has 0 aromatic heterocycles. The topological polar surface area (TPSA) is 40.5 Å². The molecule has 1 aromatic rings. The van der Waals surface area contributed by atoms with E-state index in [9.17, 15) is 14.3 Å². The number of hydrogen-bond donors (Lipinski definition) is 1. The first kappa shape index (κ1) is 16.0. The largest absolute Gasteiger partial charge is 0.388 e. The van der Waals surface area contributed by atoms with Crippen molar-refractivity contribution in [2.75, 3.05) is 13.1 Å². The van der Waals surface area contributed by atoms with Gasteiger partial charge in [-0.25, -0.2) is 4.39 Å². The molecule has 6 heteroatoms. The molecular weight excluding hydrogens is 328 g/mol. The van der Waals surface area contributed by atoms with Crippen molar-refractivity contribution in [2.24, 2.45) is 11.8 Å². The van der Waals surface area contributed by atoms with Crippen molar-refractivity contribution in [1.29, 1.82) is 0 Å². The minimum absolute atomic E-state index is 0.0136. The van der Waals surface area contributed by atoms with Crippen LogP contribution in [0, 0.1) is 17.7 Å². The van der Waals surface area contributed by atoms with E-state index in [4.69, 9.17) is 23.2 Å². The second kappa shape index (κ2) is 5.99. The molecule has 2 aliphatic rings. The van der Waals surface area contributed by atoms with E-state index in [2.05, 4.69) is 0 Å². The Hall–Kier alpha value is -0.840. The van der Waals surface area contributed by atoms with Crippen molar-refractivity contribution in [1.82, 2.24) is 4.90 Å². The minimum atomic E-state index is -0.887. The molecule has 2 fully saturated rings. The number of benzene rings is 1. The molecule has 3 nitrogen and oxygen atoms in total. The van der Waals surface area contributed by atoms with Crippen LogP contribution in [0.1, 0.15) is 30.9 Å². The first-order valence-electron chi connectivity index (χ1n) is 7.48. The fourth-order valence-corrected chi connectivity index (χ4v) is 3.56. The molecular formula is C16H18Cl2FNO2. The van der Waals surface area contributed by atoms with Gasteiger partial charge in [-0.15, -0.1) is 23.2 Å². The van der Waals surface area contributed by atoms with Crippen LogP contribution in [0.15, 0.2) is 24.3 Å². The third kappa shape index (κ3) is 3.24. The van der Waals surface area contributed by atoms with Gasteiger partial charge in [-0.3, -0.25) is 4.79 Å². The quantitative estimate of drug-likeness (QED) is 0.854. The molecule has 1 saturated heterocycles. The summed E-state index contributed by atoms with van der Waals surface area (Å²) in [5, 5.41) is 10.4. The van der Waals surface area contributed by atoms with E-state index in [-0.39, 0.29) is 23.6 Å². The maximum Gasteiger partial charge on any atom is 0.228 e. The zero-order valence-electron chi connectivity index (χ0n) is 12.0. The molecule has 22 heavy (non-hydrogen) atoms. The molecule has 0 unspecified atom stereocenters. The number of halogens is 3. The molecule has 1 aliphatic carbocycles. The van der Waals surface area contributed by atoms with Gasteiger partial charge in [-0.2, -0.15) is 0 Å². The Morgan fingerprint density at radius 3 is 2.32 bits per heavy atom. The standard InChI is InChI=1S/C16H18Cl2FNO2/c17-16(18)9-13(16)15(22)20-7-5-11(6-8-20)14(21)10-1-3-12(19)4-2-10/h1-4,11,13-14,21H,5-9H2/t13-,14+/m0/s1. The van der Waals surface area contributed by atoms with E-state index in [0.29, 0.717) is 37.9 Å². The second-order valence-corrected chi connectivity index (χ2v) is 7.72. The van der Waals surface area contributed by atoms with E-state index in [1.165, 1.54) is 12.1 Å². The Morgan fingerprint density at radius 1 is 1.27 bits per heavy atom. The van der Waals surface area contributed by atoms with Crippen molar-refractivity contribution in [3.63, 3.8) is 0 Å². The number of rotatable bonds is 3. The predicted molar refractivity (Wildman–Crippen MR) is 83.2 cm³/mol. The van der Waals surface area contributed by atoms with Crippen LogP contribution in [0.4, 0.5) is 4.39 Å². The highest BCUT2D eigenvalue weighted by Gasteiger charge is 2.57. The summed E-state index contributed by atoms with van der Waals surface area (Å²) in [6.45, 7) is 1.20. The molecule has 0 bridgehead atoms. The Morgan fingerprint density at radius 2 is 1.82 bits per heavy atom. The third-order valence-corrected chi connectivity index (χ3v) is 5.47. The first-order valence-corrected chi connectivity index (χ1v) is 8.24. The number of carbonyl (C=O) groups excluding carboxylic acids is 1. The number of aliphatic hydroxyl groups is 1. The summed E-state index contributed by atoms with van der Waals surface area (Å²) >= 11 is 11.9. The van der Waals surface area contributed by atoms with E-state index in [1.807, 2.05) is 0 Å². The summed E-state index contributed by atoms with van der Waals surface area (Å²) in [5.74, 6) is -0.508. The zero-order chi connectivity index (χ0) is 15.9. The highest BCUT2D eigenvalue weighted by molar-refractivity contribution is 6.52. The molecule has 3 rings (SSSR count). The maximum atomic E-state index is 12.9. The molecule has 1 heterocycles. The molecule has 1 aromatic carbocycles. The van der Waals surface area contributed by atoms with Gasteiger partial charge in [-0.1, -0.05) is 12.1 Å². The van der Waals surface area contributed by atoms with Crippen molar-refractivity contribution in [2.45, 2.75) is 29.7 Å². The van der Waals surface area contributed by atoms with Crippen LogP contribution in [-0.4, -0.2) is 33.3 Å². The van der Waals surface area contributed by atoms with Gasteiger partial charge in [0.25, 0.3) is 0 Å². The first-order chi connectivity index (χ1) is 10.4. The van der Waals surface area contributed by atoms with Gasteiger partial charge < -0.3 is 10.0 Å². The lowest BCUT2D eigenvalue weighted by Crippen LogP contribution is -2.41. The molecule has 120 valence electrons. The fourth-order valence-electron chi connectivity index (χ4n) is 3.07. The van der Waals surface area contributed by atoms with Crippen molar-refractivity contribution in [3.05, 3.63) is 35.6 Å². The molecule has 1 aliphatic heterocycles. The summed E-state index contributed by atoms with van der Waals surface area (Å²) < 4.78 is 12.0. The molecule has 1 N–H and O–H groups in total. The van der Waals surface area contributed by atoms with E-state index >= 15 is 0 Å². The lowest BCUT2D eigenvalue weighted by atomic mass is 9.87. The molecule has 0 radical (unpaired) electrons. The molecule has 1 saturated carbocycles. The number of alkyl halides is 2. The monoisotopic (exact) mass is 345 g/mol. The van der Waals surface area contributed by atoms with Crippen LogP contribution in [-0.2, 0) is 4.79 Å². The number of piperidine rings is 1. The van der Waals surface area contributed by atoms with Crippen LogP contribution in [0.5, 0.6) is 0 Å². The summed E-state index contributed by atoms with van der Waals surface area (Å²) in [6.07, 6.45) is 1.33. The minimum Gasteiger partial charge on any atom is -0.388 e. The van der Waals surface area contributed by atoms with Crippen LogP contribution in [0.2, 0.25) is 0 Å². The number of amides is 1. The molecule has 1 amide bonds. The zero-order valence-corrected chi connectivity index (χ0v) is 13.5. The van der Waals surface area contributed by atoms with Gasteiger partial charge in [-0.05, 0) is 42.9 Å². The summed E-state index contributed by atoms with van der Waals surface area (Å²) in [7, 11) is 0. The average molecular weight is 346 g/mol. The van der Waals surface area contributed by atoms with E-state index in [1.54, 1.807) is 17.0 Å². The lowest BCUT2D eigenvalue weighted by Gasteiger charge is -2.34. The molecule has 0 spiro atoms. The van der Waals surface area contributed by atoms with Gasteiger partial charge in [0.15, 0.2) is 0 Å². The average Bonchev–Trinajstić information content (AvgIpc) is 3.15. The van der Waals surface area contributed by atoms with E-state index < -0.39 is 10.4 Å². The van der Waals surface area contributed by atoms with Gasteiger partial charge in [0.1, 0.15) is 10.2 Å². The number of hydrogen-bond acceptors (Lipinski definition) is 2. The van der Waals surface area contributed by atoms with Gasteiger partial charge in [0.05, 0.1) is 12.0 Å². The summed E-state index contributed by atoms with van der Waals surface area (Å²) in [4.78, 5) is 14.0. The lowest BCUT2D eigenvalue weighted by molar-refractivity contribution is -0.134. The van der Waals surface area contributed by atoms with Crippen LogP contribution < -0.4 is 0 Å². The highest BCUT2D eigenvalue weighted by Crippen LogP contribution is 2.54. The van der Waals surface area contributed by atoms with Crippen LogP contribution in [0.25, 0.3) is 0 Å². The van der Waals surface area contributed by atoms with Gasteiger partial charge in [0.2, 0.25) is 5.91 Å². The Kier molecular flexibility index (Phi) is 4.36. The Labute approximate surface area is 139 Å². The summed E-state index contributed by atoms with van der Waals surface area (Å²) in [6, 6.07) is 5.92. The molecule has 2 atom stereocenters. The Bertz CT molecular complexity index is 556. The third-order valence-electron chi connectivity index (χ3n) is 4.63. The number of likely N-dealkylation sites (tertiary alicyclic amines) is 1. The summed E-state index contributed by atoms with van der Waals surface area (Å²) in [5.41, 5.74) is 0.717. The van der Waals surface area contributed by atoms with E-state index in [0.717, 1.165) is 0 Å². The van der Waals surface area contributed by atoms with Crippen LogP contribution >= 0.6 is 23.2 Å². The van der Waals surface area contributed by atoms with Crippen molar-refractivity contribution < 1.29 is 14.3 Å². The SMILES string of the molecule is O=C([C@@H]1CC1(Cl)Cl)N1CCC([C@H](O)c2ccc(F)cc2)CC1. The Balaban J connectivity index is 1.55. The van der Waals surface area contributed by atoms with Crippen molar-refractivity contribution in [3.8, 4) is 0 Å². The normalized spacial score (nSPS) is 25.8. The van der Waals surface area contributed by atoms with Gasteiger partial charge >= 0.3 is 0 Å². The number of nitrogens with zero attached hydrogens (tertiary/aromatic N) is 1. The van der Waals surface area contributed by atoms with Crippen LogP contribution in [0.3, 0.4) is 0 Å². The van der Waals surface area contributed by atoms with Gasteiger partial charge in [0, 0.05) is 13.1 Å². The predicted octanol–water partition coefficient (Wildman–Crippen LogP) is 3.29. The fraction of sp³-hybridized carbons (Fsp3) is 0.562.